The predicted octanol–water partition coefficient (Wildman–Crippen LogP) is 1.51. The first-order valence-corrected chi connectivity index (χ1v) is 5.98. The second-order valence-corrected chi connectivity index (χ2v) is 4.21. The SMILES string of the molecule is CCOCCN[C@H]1CCCSC1. The van der Waals surface area contributed by atoms with E-state index in [9.17, 15) is 0 Å². The molecule has 0 radical (unpaired) electrons. The fourth-order valence-corrected chi connectivity index (χ4v) is 2.49. The van der Waals surface area contributed by atoms with Crippen molar-refractivity contribution >= 4 is 11.8 Å². The first kappa shape index (κ1) is 10.4. The second-order valence-electron chi connectivity index (χ2n) is 3.07. The minimum Gasteiger partial charge on any atom is -0.380 e. The molecule has 0 aromatic heterocycles. The van der Waals surface area contributed by atoms with Crippen LogP contribution in [0.15, 0.2) is 0 Å². The highest BCUT2D eigenvalue weighted by Gasteiger charge is 2.11. The highest BCUT2D eigenvalue weighted by molar-refractivity contribution is 7.99. The van der Waals surface area contributed by atoms with Crippen LogP contribution in [0.1, 0.15) is 19.8 Å². The zero-order chi connectivity index (χ0) is 8.65. The molecule has 1 atom stereocenters. The molecule has 72 valence electrons. The van der Waals surface area contributed by atoms with Crippen LogP contribution in [0, 0.1) is 0 Å². The van der Waals surface area contributed by atoms with Crippen LogP contribution in [-0.2, 0) is 4.74 Å². The highest BCUT2D eigenvalue weighted by Crippen LogP contribution is 2.16. The molecular weight excluding hydrogens is 170 g/mol. The summed E-state index contributed by atoms with van der Waals surface area (Å²) in [5.74, 6) is 2.63. The number of hydrogen-bond acceptors (Lipinski definition) is 3. The molecule has 1 aliphatic heterocycles. The van der Waals surface area contributed by atoms with Crippen molar-refractivity contribution in [1.82, 2.24) is 5.32 Å². The van der Waals surface area contributed by atoms with Crippen molar-refractivity contribution in [1.29, 1.82) is 0 Å². The Hall–Kier alpha value is 0.270. The molecule has 1 aliphatic rings. The fourth-order valence-electron chi connectivity index (χ4n) is 1.38. The Morgan fingerprint density at radius 2 is 2.50 bits per heavy atom. The van der Waals surface area contributed by atoms with E-state index < -0.39 is 0 Å². The number of thioether (sulfide) groups is 1. The van der Waals surface area contributed by atoms with Crippen LogP contribution in [0.5, 0.6) is 0 Å². The van der Waals surface area contributed by atoms with Crippen molar-refractivity contribution in [3.05, 3.63) is 0 Å². The summed E-state index contributed by atoms with van der Waals surface area (Å²) in [5.41, 5.74) is 0. The Bertz CT molecular complexity index is 105. The molecule has 1 fully saturated rings. The van der Waals surface area contributed by atoms with E-state index in [0.29, 0.717) is 0 Å². The summed E-state index contributed by atoms with van der Waals surface area (Å²) in [6.45, 7) is 4.74. The number of nitrogens with one attached hydrogen (secondary N) is 1. The van der Waals surface area contributed by atoms with Crippen molar-refractivity contribution < 1.29 is 4.74 Å². The summed E-state index contributed by atoms with van der Waals surface area (Å²) in [6.07, 6.45) is 2.72. The molecule has 0 aromatic rings. The minimum atomic E-state index is 0.740. The Morgan fingerprint density at radius 3 is 3.17 bits per heavy atom. The van der Waals surface area contributed by atoms with Crippen LogP contribution in [0.4, 0.5) is 0 Å². The minimum absolute atomic E-state index is 0.740. The Balaban J connectivity index is 1.91. The average Bonchev–Trinajstić information content (AvgIpc) is 2.14. The van der Waals surface area contributed by atoms with Crippen molar-refractivity contribution in [2.75, 3.05) is 31.3 Å². The molecule has 0 aromatic carbocycles. The largest absolute Gasteiger partial charge is 0.380 e. The van der Waals surface area contributed by atoms with Gasteiger partial charge in [0, 0.05) is 24.9 Å². The molecule has 0 spiro atoms. The van der Waals surface area contributed by atoms with Crippen LogP contribution in [-0.4, -0.2) is 37.3 Å². The first-order valence-electron chi connectivity index (χ1n) is 4.82. The molecule has 0 amide bonds. The number of rotatable bonds is 5. The van der Waals surface area contributed by atoms with Crippen LogP contribution in [0.25, 0.3) is 0 Å². The van der Waals surface area contributed by atoms with Crippen molar-refractivity contribution in [3.8, 4) is 0 Å². The van der Waals surface area contributed by atoms with Gasteiger partial charge >= 0.3 is 0 Å². The molecule has 1 saturated heterocycles. The number of hydrogen-bond donors (Lipinski definition) is 1. The third kappa shape index (κ3) is 4.33. The van der Waals surface area contributed by atoms with E-state index in [4.69, 9.17) is 4.74 Å². The van der Waals surface area contributed by atoms with Gasteiger partial charge in [0.05, 0.1) is 6.61 Å². The van der Waals surface area contributed by atoms with E-state index in [1.807, 2.05) is 6.92 Å². The Morgan fingerprint density at radius 1 is 1.58 bits per heavy atom. The van der Waals surface area contributed by atoms with Gasteiger partial charge in [-0.3, -0.25) is 0 Å². The van der Waals surface area contributed by atoms with Crippen molar-refractivity contribution in [3.63, 3.8) is 0 Å². The molecule has 0 aliphatic carbocycles. The molecule has 1 N–H and O–H groups in total. The van der Waals surface area contributed by atoms with Crippen LogP contribution < -0.4 is 5.32 Å². The molecule has 0 saturated carbocycles. The lowest BCUT2D eigenvalue weighted by molar-refractivity contribution is 0.147. The van der Waals surface area contributed by atoms with Gasteiger partial charge in [-0.25, -0.2) is 0 Å². The van der Waals surface area contributed by atoms with E-state index in [2.05, 4.69) is 17.1 Å². The van der Waals surface area contributed by atoms with E-state index in [-0.39, 0.29) is 0 Å². The number of ether oxygens (including phenoxy) is 1. The van der Waals surface area contributed by atoms with Crippen molar-refractivity contribution in [2.24, 2.45) is 0 Å². The van der Waals surface area contributed by atoms with E-state index in [1.165, 1.54) is 24.3 Å². The molecule has 1 heterocycles. The van der Waals surface area contributed by atoms with Crippen LogP contribution >= 0.6 is 11.8 Å². The molecule has 3 heteroatoms. The molecule has 0 unspecified atom stereocenters. The van der Waals surface area contributed by atoms with Gasteiger partial charge in [-0.15, -0.1) is 0 Å². The smallest absolute Gasteiger partial charge is 0.0590 e. The highest BCUT2D eigenvalue weighted by atomic mass is 32.2. The lowest BCUT2D eigenvalue weighted by atomic mass is 10.2. The summed E-state index contributed by atoms with van der Waals surface area (Å²) in [4.78, 5) is 0. The summed E-state index contributed by atoms with van der Waals surface area (Å²) in [5, 5.41) is 3.51. The average molecular weight is 189 g/mol. The zero-order valence-electron chi connectivity index (χ0n) is 7.84. The zero-order valence-corrected chi connectivity index (χ0v) is 8.66. The van der Waals surface area contributed by atoms with Gasteiger partial charge in [0.25, 0.3) is 0 Å². The topological polar surface area (TPSA) is 21.3 Å². The lowest BCUT2D eigenvalue weighted by Crippen LogP contribution is -2.35. The molecule has 0 bridgehead atoms. The maximum Gasteiger partial charge on any atom is 0.0590 e. The van der Waals surface area contributed by atoms with Gasteiger partial charge in [-0.2, -0.15) is 11.8 Å². The lowest BCUT2D eigenvalue weighted by Gasteiger charge is -2.22. The molecule has 2 nitrogen and oxygen atoms in total. The molecular formula is C9H19NOS. The van der Waals surface area contributed by atoms with Gasteiger partial charge in [-0.1, -0.05) is 0 Å². The second kappa shape index (κ2) is 6.75. The summed E-state index contributed by atoms with van der Waals surface area (Å²) >= 11 is 2.06. The first-order chi connectivity index (χ1) is 5.93. The standard InChI is InChI=1S/C9H19NOS/c1-2-11-6-5-10-9-4-3-7-12-8-9/h9-10H,2-8H2,1H3/t9-/m0/s1. The quantitative estimate of drug-likeness (QED) is 0.662. The monoisotopic (exact) mass is 189 g/mol. The van der Waals surface area contributed by atoms with Crippen molar-refractivity contribution in [2.45, 2.75) is 25.8 Å². The third-order valence-corrected chi connectivity index (χ3v) is 3.26. The maximum atomic E-state index is 5.26. The molecule has 12 heavy (non-hydrogen) atoms. The van der Waals surface area contributed by atoms with Gasteiger partial charge in [0.1, 0.15) is 0 Å². The maximum absolute atomic E-state index is 5.26. The summed E-state index contributed by atoms with van der Waals surface area (Å²) in [7, 11) is 0. The van der Waals surface area contributed by atoms with Crippen LogP contribution in [0.3, 0.4) is 0 Å². The van der Waals surface area contributed by atoms with E-state index in [1.54, 1.807) is 0 Å². The Kier molecular flexibility index (Phi) is 5.82. The van der Waals surface area contributed by atoms with E-state index >= 15 is 0 Å². The van der Waals surface area contributed by atoms with Crippen LogP contribution in [0.2, 0.25) is 0 Å². The van der Waals surface area contributed by atoms with Gasteiger partial charge in [0.15, 0.2) is 0 Å². The van der Waals surface area contributed by atoms with Gasteiger partial charge < -0.3 is 10.1 Å². The van der Waals surface area contributed by atoms with E-state index in [0.717, 1.165) is 25.8 Å². The summed E-state index contributed by atoms with van der Waals surface area (Å²) < 4.78 is 5.26. The fraction of sp³-hybridized carbons (Fsp3) is 1.00. The van der Waals surface area contributed by atoms with Gasteiger partial charge in [0.2, 0.25) is 0 Å². The summed E-state index contributed by atoms with van der Waals surface area (Å²) in [6, 6.07) is 0.740. The predicted molar refractivity (Wildman–Crippen MR) is 54.8 cm³/mol. The molecule has 1 rings (SSSR count). The third-order valence-electron chi connectivity index (χ3n) is 2.04. The normalized spacial score (nSPS) is 24.2. The Labute approximate surface area is 79.4 Å². The van der Waals surface area contributed by atoms with Gasteiger partial charge in [-0.05, 0) is 25.5 Å².